The molecule has 1 saturated heterocycles. The van der Waals surface area contributed by atoms with E-state index >= 15 is 0 Å². The van der Waals surface area contributed by atoms with Crippen LogP contribution < -0.4 is 16.4 Å². The Morgan fingerprint density at radius 2 is 1.64 bits per heavy atom. The Balaban J connectivity index is 2.93. The Morgan fingerprint density at radius 3 is 2.11 bits per heavy atom. The minimum atomic E-state index is -1.44. The van der Waals surface area contributed by atoms with Gasteiger partial charge in [-0.3, -0.25) is 14.4 Å². The van der Waals surface area contributed by atoms with Crippen LogP contribution in [0.3, 0.4) is 0 Å². The SMILES string of the molecule is CC(O)C(NC(=O)C(N)CS)C(=O)NC(C(=O)N1CCCC1C(=O)O)C(C)O. The number of carbonyl (C=O) groups is 4. The van der Waals surface area contributed by atoms with E-state index in [4.69, 9.17) is 5.73 Å². The molecule has 1 heterocycles. The minimum Gasteiger partial charge on any atom is -0.480 e. The smallest absolute Gasteiger partial charge is 0.326 e. The van der Waals surface area contributed by atoms with Crippen molar-refractivity contribution in [2.24, 2.45) is 5.73 Å². The van der Waals surface area contributed by atoms with Crippen LogP contribution >= 0.6 is 12.6 Å². The first kappa shape index (κ1) is 24.1. The number of thiol groups is 1. The number of hydrogen-bond acceptors (Lipinski definition) is 8. The number of carboxylic acid groups (broad SMARTS) is 1. The van der Waals surface area contributed by atoms with Crippen LogP contribution in [0.5, 0.6) is 0 Å². The first-order chi connectivity index (χ1) is 13.0. The summed E-state index contributed by atoms with van der Waals surface area (Å²) in [4.78, 5) is 49.5. The maximum absolute atomic E-state index is 12.7. The lowest BCUT2D eigenvalue weighted by molar-refractivity contribution is -0.151. The summed E-state index contributed by atoms with van der Waals surface area (Å²) in [6.07, 6.45) is -1.90. The Kier molecular flexibility index (Phi) is 9.14. The molecule has 11 nitrogen and oxygen atoms in total. The van der Waals surface area contributed by atoms with Gasteiger partial charge >= 0.3 is 5.97 Å². The summed E-state index contributed by atoms with van der Waals surface area (Å²) in [5, 5.41) is 33.6. The maximum Gasteiger partial charge on any atom is 0.326 e. The zero-order valence-corrected chi connectivity index (χ0v) is 16.6. The third-order valence-corrected chi connectivity index (χ3v) is 4.86. The third-order valence-electron chi connectivity index (χ3n) is 4.46. The summed E-state index contributed by atoms with van der Waals surface area (Å²) >= 11 is 3.88. The van der Waals surface area contributed by atoms with E-state index in [0.29, 0.717) is 6.42 Å². The number of carboxylic acids is 1. The van der Waals surface area contributed by atoms with Crippen molar-refractivity contribution in [1.82, 2.24) is 15.5 Å². The van der Waals surface area contributed by atoms with Gasteiger partial charge in [0.2, 0.25) is 17.7 Å². The van der Waals surface area contributed by atoms with Crippen LogP contribution in [0, 0.1) is 0 Å². The average molecular weight is 420 g/mol. The Bertz CT molecular complexity index is 602. The average Bonchev–Trinajstić information content (AvgIpc) is 3.11. The van der Waals surface area contributed by atoms with E-state index in [9.17, 15) is 34.5 Å². The van der Waals surface area contributed by atoms with Gasteiger partial charge < -0.3 is 36.6 Å². The molecule has 1 aliphatic heterocycles. The fourth-order valence-corrected chi connectivity index (χ4v) is 3.01. The predicted molar refractivity (Wildman–Crippen MR) is 101 cm³/mol. The van der Waals surface area contributed by atoms with E-state index in [0.717, 1.165) is 4.90 Å². The Morgan fingerprint density at radius 1 is 1.11 bits per heavy atom. The molecule has 0 aromatic heterocycles. The van der Waals surface area contributed by atoms with Crippen molar-refractivity contribution in [1.29, 1.82) is 0 Å². The molecule has 6 atom stereocenters. The molecule has 1 rings (SSSR count). The molecule has 12 heteroatoms. The van der Waals surface area contributed by atoms with E-state index in [1.54, 1.807) is 0 Å². The van der Waals surface area contributed by atoms with Crippen LogP contribution in [0.4, 0.5) is 0 Å². The molecule has 0 aromatic carbocycles. The van der Waals surface area contributed by atoms with Crippen LogP contribution in [0.15, 0.2) is 0 Å². The molecule has 1 fully saturated rings. The molecule has 1 aliphatic rings. The van der Waals surface area contributed by atoms with Crippen LogP contribution in [0.2, 0.25) is 0 Å². The van der Waals surface area contributed by atoms with Crippen molar-refractivity contribution >= 4 is 36.3 Å². The molecular weight excluding hydrogens is 392 g/mol. The van der Waals surface area contributed by atoms with Gasteiger partial charge in [0.1, 0.15) is 18.1 Å². The molecule has 6 unspecified atom stereocenters. The fourth-order valence-electron chi connectivity index (χ4n) is 2.85. The number of amides is 3. The molecular formula is C16H28N4O7S. The lowest BCUT2D eigenvalue weighted by Crippen LogP contribution is -2.62. The highest BCUT2D eigenvalue weighted by Gasteiger charge is 2.40. The molecule has 3 amide bonds. The predicted octanol–water partition coefficient (Wildman–Crippen LogP) is -2.95. The lowest BCUT2D eigenvalue weighted by atomic mass is 10.1. The summed E-state index contributed by atoms with van der Waals surface area (Å²) in [6, 6.07) is -4.91. The molecule has 7 N–H and O–H groups in total. The second kappa shape index (κ2) is 10.6. The normalized spacial score (nSPS) is 21.9. The number of likely N-dealkylation sites (tertiary alicyclic amines) is 1. The van der Waals surface area contributed by atoms with Crippen LogP contribution in [0.1, 0.15) is 26.7 Å². The van der Waals surface area contributed by atoms with E-state index in [1.807, 2.05) is 0 Å². The Labute approximate surface area is 168 Å². The van der Waals surface area contributed by atoms with E-state index in [-0.39, 0.29) is 18.7 Å². The van der Waals surface area contributed by atoms with E-state index in [2.05, 4.69) is 23.3 Å². The van der Waals surface area contributed by atoms with Crippen molar-refractivity contribution in [2.75, 3.05) is 12.3 Å². The quantitative estimate of drug-likeness (QED) is 0.193. The number of rotatable bonds is 9. The largest absolute Gasteiger partial charge is 0.480 e. The van der Waals surface area contributed by atoms with Gasteiger partial charge in [-0.25, -0.2) is 4.79 Å². The summed E-state index contributed by atoms with van der Waals surface area (Å²) in [5.41, 5.74) is 5.53. The van der Waals surface area contributed by atoms with Crippen molar-refractivity contribution in [3.63, 3.8) is 0 Å². The molecule has 28 heavy (non-hydrogen) atoms. The molecule has 0 aliphatic carbocycles. The minimum absolute atomic E-state index is 0.0142. The van der Waals surface area contributed by atoms with Gasteiger partial charge in [-0.15, -0.1) is 0 Å². The number of aliphatic carboxylic acids is 1. The van der Waals surface area contributed by atoms with Gasteiger partial charge in [0.05, 0.1) is 18.2 Å². The van der Waals surface area contributed by atoms with E-state index in [1.165, 1.54) is 13.8 Å². The lowest BCUT2D eigenvalue weighted by Gasteiger charge is -2.30. The summed E-state index contributed by atoms with van der Waals surface area (Å²) in [7, 11) is 0. The zero-order chi connectivity index (χ0) is 21.6. The van der Waals surface area contributed by atoms with Gasteiger partial charge in [-0.05, 0) is 26.7 Å². The molecule has 160 valence electrons. The standard InChI is InChI=1S/C16H28N4O7S/c1-7(21)11(18-13(23)9(17)6-28)14(24)19-12(8(2)22)15(25)20-5-3-4-10(20)16(26)27/h7-12,21-22,28H,3-6,17H2,1-2H3,(H,18,23)(H,19,24)(H,26,27). The number of aliphatic hydroxyl groups is 2. The van der Waals surface area contributed by atoms with Gasteiger partial charge in [0.25, 0.3) is 0 Å². The summed E-state index contributed by atoms with van der Waals surface area (Å²) in [6.45, 7) is 2.71. The third kappa shape index (κ3) is 6.06. The van der Waals surface area contributed by atoms with Crippen LogP contribution in [0.25, 0.3) is 0 Å². The topological polar surface area (TPSA) is 182 Å². The van der Waals surface area contributed by atoms with Crippen molar-refractivity contribution in [3.8, 4) is 0 Å². The van der Waals surface area contributed by atoms with Crippen LogP contribution in [-0.4, -0.2) is 92.6 Å². The van der Waals surface area contributed by atoms with Gasteiger partial charge in [0.15, 0.2) is 0 Å². The highest BCUT2D eigenvalue weighted by molar-refractivity contribution is 7.80. The molecule has 0 aromatic rings. The highest BCUT2D eigenvalue weighted by Crippen LogP contribution is 2.19. The second-order valence-corrected chi connectivity index (χ2v) is 7.14. The number of hydrogen-bond donors (Lipinski definition) is 7. The fraction of sp³-hybridized carbons (Fsp3) is 0.750. The molecule has 0 spiro atoms. The number of nitrogens with one attached hydrogen (secondary N) is 2. The van der Waals surface area contributed by atoms with E-state index < -0.39 is 60.1 Å². The maximum atomic E-state index is 12.7. The van der Waals surface area contributed by atoms with Crippen molar-refractivity contribution < 1.29 is 34.5 Å². The zero-order valence-electron chi connectivity index (χ0n) is 15.7. The van der Waals surface area contributed by atoms with Gasteiger partial charge in [-0.2, -0.15) is 12.6 Å². The number of nitrogens with zero attached hydrogens (tertiary/aromatic N) is 1. The molecule has 0 bridgehead atoms. The Hall–Kier alpha value is -1.89. The second-order valence-electron chi connectivity index (χ2n) is 6.77. The van der Waals surface area contributed by atoms with Crippen molar-refractivity contribution in [3.05, 3.63) is 0 Å². The first-order valence-electron chi connectivity index (χ1n) is 8.87. The van der Waals surface area contributed by atoms with Crippen molar-refractivity contribution in [2.45, 2.75) is 63.1 Å². The van der Waals surface area contributed by atoms with Crippen LogP contribution in [-0.2, 0) is 19.2 Å². The first-order valence-corrected chi connectivity index (χ1v) is 9.51. The molecule has 0 saturated carbocycles. The summed E-state index contributed by atoms with van der Waals surface area (Å²) in [5.74, 6) is -3.55. The van der Waals surface area contributed by atoms with Gasteiger partial charge in [0, 0.05) is 12.3 Å². The number of carbonyl (C=O) groups excluding carboxylic acids is 3. The molecule has 0 radical (unpaired) electrons. The monoisotopic (exact) mass is 420 g/mol. The number of aliphatic hydroxyl groups excluding tert-OH is 2. The summed E-state index contributed by atoms with van der Waals surface area (Å²) < 4.78 is 0. The number of nitrogens with two attached hydrogens (primary N) is 1. The highest BCUT2D eigenvalue weighted by atomic mass is 32.1. The van der Waals surface area contributed by atoms with Gasteiger partial charge in [-0.1, -0.05) is 0 Å².